The Bertz CT molecular complexity index is 1390. The number of anilines is 2. The number of aromatic nitrogens is 2. The summed E-state index contributed by atoms with van der Waals surface area (Å²) >= 11 is 0. The van der Waals surface area contributed by atoms with Crippen molar-refractivity contribution in [3.05, 3.63) is 111 Å². The average Bonchev–Trinajstić information content (AvgIpc) is 3.35. The molecule has 0 spiro atoms. The molecule has 0 saturated heterocycles. The van der Waals surface area contributed by atoms with Gasteiger partial charge < -0.3 is 14.9 Å². The smallest absolute Gasteiger partial charge is 0.330 e. The van der Waals surface area contributed by atoms with Gasteiger partial charge in [-0.25, -0.2) is 4.79 Å². The number of hydrogen-bond acceptors (Lipinski definition) is 6. The minimum Gasteiger partial charge on any atom is -0.497 e. The summed E-state index contributed by atoms with van der Waals surface area (Å²) in [6.07, 6.45) is 1.46. The third-order valence-corrected chi connectivity index (χ3v) is 5.35. The van der Waals surface area contributed by atoms with Crippen molar-refractivity contribution in [2.75, 3.05) is 17.7 Å². The fraction of sp³-hybridized carbons (Fsp3) is 0.160. The second kappa shape index (κ2) is 9.95. The monoisotopic (exact) mass is 460 g/mol. The number of carbonyl (C=O) groups is 1. The Hall–Kier alpha value is -4.53. The lowest BCUT2D eigenvalue weighted by Gasteiger charge is -2.24. The molecule has 9 nitrogen and oxygen atoms in total. The van der Waals surface area contributed by atoms with E-state index in [2.05, 4.69) is 4.98 Å². The van der Waals surface area contributed by atoms with Crippen molar-refractivity contribution in [3.8, 4) is 5.75 Å². The standard InChI is InChI=1S/C25H24N4O5/c1-33-19-10-5-9-18(13-19)14-21(30)28(16-20-11-6-12-34-20)22-23(26)29(25(32)27-24(22)31)15-17-7-3-2-4-8-17/h2-13H,14-16,26H2,1H3,(H,27,31,32). The number of benzene rings is 2. The van der Waals surface area contributed by atoms with Crippen LogP contribution in [0.5, 0.6) is 5.75 Å². The predicted octanol–water partition coefficient (Wildman–Crippen LogP) is 2.54. The van der Waals surface area contributed by atoms with Crippen molar-refractivity contribution in [1.82, 2.24) is 9.55 Å². The molecule has 0 atom stereocenters. The van der Waals surface area contributed by atoms with E-state index < -0.39 is 17.2 Å². The fourth-order valence-corrected chi connectivity index (χ4v) is 3.66. The van der Waals surface area contributed by atoms with Crippen LogP contribution in [0.15, 0.2) is 87.0 Å². The summed E-state index contributed by atoms with van der Waals surface area (Å²) in [6.45, 7) is 0.0978. The van der Waals surface area contributed by atoms with E-state index in [1.807, 2.05) is 30.3 Å². The molecule has 4 aromatic rings. The second-order valence-corrected chi connectivity index (χ2v) is 7.65. The van der Waals surface area contributed by atoms with Gasteiger partial charge in [-0.3, -0.25) is 24.0 Å². The highest BCUT2D eigenvalue weighted by Gasteiger charge is 2.25. The Balaban J connectivity index is 1.76. The Labute approximate surface area is 195 Å². The highest BCUT2D eigenvalue weighted by molar-refractivity contribution is 5.96. The molecular formula is C25H24N4O5. The lowest BCUT2D eigenvalue weighted by Crippen LogP contribution is -2.41. The van der Waals surface area contributed by atoms with Gasteiger partial charge in [-0.15, -0.1) is 0 Å². The Kier molecular flexibility index (Phi) is 6.63. The van der Waals surface area contributed by atoms with Gasteiger partial charge in [-0.2, -0.15) is 0 Å². The minimum absolute atomic E-state index is 0.0192. The van der Waals surface area contributed by atoms with Crippen LogP contribution >= 0.6 is 0 Å². The van der Waals surface area contributed by atoms with Crippen molar-refractivity contribution in [2.24, 2.45) is 0 Å². The second-order valence-electron chi connectivity index (χ2n) is 7.65. The van der Waals surface area contributed by atoms with E-state index in [1.165, 1.54) is 15.7 Å². The van der Waals surface area contributed by atoms with Crippen LogP contribution in [0.25, 0.3) is 0 Å². The molecule has 9 heteroatoms. The third kappa shape index (κ3) is 4.93. The number of methoxy groups -OCH3 is 1. The zero-order chi connectivity index (χ0) is 24.1. The van der Waals surface area contributed by atoms with Crippen LogP contribution in [-0.4, -0.2) is 22.6 Å². The SMILES string of the molecule is COc1cccc(CC(=O)N(Cc2ccco2)c2c(N)n(Cc3ccccc3)c(=O)[nH]c2=O)c1. The van der Waals surface area contributed by atoms with Crippen molar-refractivity contribution in [3.63, 3.8) is 0 Å². The molecule has 0 aliphatic heterocycles. The van der Waals surface area contributed by atoms with E-state index in [1.54, 1.807) is 43.5 Å². The van der Waals surface area contributed by atoms with Crippen LogP contribution in [0.4, 0.5) is 11.5 Å². The summed E-state index contributed by atoms with van der Waals surface area (Å²) < 4.78 is 11.9. The van der Waals surface area contributed by atoms with Gasteiger partial charge in [0.15, 0.2) is 5.69 Å². The topological polar surface area (TPSA) is 124 Å². The van der Waals surface area contributed by atoms with Crippen molar-refractivity contribution in [1.29, 1.82) is 0 Å². The number of furan rings is 1. The molecule has 1 amide bonds. The predicted molar refractivity (Wildman–Crippen MR) is 128 cm³/mol. The summed E-state index contributed by atoms with van der Waals surface area (Å²) in [6, 6.07) is 19.7. The molecule has 34 heavy (non-hydrogen) atoms. The lowest BCUT2D eigenvalue weighted by molar-refractivity contribution is -0.118. The van der Waals surface area contributed by atoms with Gasteiger partial charge in [0.2, 0.25) is 5.91 Å². The molecule has 0 unspecified atom stereocenters. The molecule has 0 aliphatic rings. The van der Waals surface area contributed by atoms with E-state index in [4.69, 9.17) is 14.9 Å². The number of rotatable bonds is 8. The summed E-state index contributed by atoms with van der Waals surface area (Å²) in [5, 5.41) is 0. The maximum absolute atomic E-state index is 13.4. The summed E-state index contributed by atoms with van der Waals surface area (Å²) in [5.74, 6) is 0.560. The maximum Gasteiger partial charge on any atom is 0.330 e. The molecule has 2 heterocycles. The van der Waals surface area contributed by atoms with Gasteiger partial charge >= 0.3 is 5.69 Å². The molecule has 0 fully saturated rings. The minimum atomic E-state index is -0.752. The normalized spacial score (nSPS) is 10.7. The van der Waals surface area contributed by atoms with E-state index in [-0.39, 0.29) is 31.0 Å². The molecule has 0 saturated carbocycles. The van der Waals surface area contributed by atoms with Gasteiger partial charge in [-0.1, -0.05) is 42.5 Å². The van der Waals surface area contributed by atoms with Gasteiger partial charge in [0.1, 0.15) is 17.3 Å². The molecular weight excluding hydrogens is 436 g/mol. The largest absolute Gasteiger partial charge is 0.497 e. The Morgan fingerprint density at radius 2 is 1.82 bits per heavy atom. The van der Waals surface area contributed by atoms with E-state index in [0.717, 1.165) is 5.56 Å². The number of amides is 1. The van der Waals surface area contributed by atoms with Crippen molar-refractivity contribution < 1.29 is 13.9 Å². The summed E-state index contributed by atoms with van der Waals surface area (Å²) in [7, 11) is 1.54. The first-order valence-electron chi connectivity index (χ1n) is 10.6. The highest BCUT2D eigenvalue weighted by Crippen LogP contribution is 2.22. The van der Waals surface area contributed by atoms with Crippen molar-refractivity contribution >= 4 is 17.4 Å². The van der Waals surface area contributed by atoms with Crippen LogP contribution < -0.4 is 26.6 Å². The number of aromatic amines is 1. The van der Waals surface area contributed by atoms with Crippen molar-refractivity contribution in [2.45, 2.75) is 19.5 Å². The highest BCUT2D eigenvalue weighted by atomic mass is 16.5. The number of nitrogens with two attached hydrogens (primary N) is 1. The van der Waals surface area contributed by atoms with E-state index in [0.29, 0.717) is 17.1 Å². The molecule has 4 rings (SSSR count). The molecule has 2 aromatic carbocycles. The van der Waals surface area contributed by atoms with Crippen LogP contribution in [0.2, 0.25) is 0 Å². The third-order valence-electron chi connectivity index (χ3n) is 5.35. The zero-order valence-electron chi connectivity index (χ0n) is 18.6. The number of hydrogen-bond donors (Lipinski definition) is 2. The first-order valence-corrected chi connectivity index (χ1v) is 10.6. The Morgan fingerprint density at radius 1 is 1.06 bits per heavy atom. The average molecular weight is 460 g/mol. The number of nitrogens with one attached hydrogen (secondary N) is 1. The number of carbonyl (C=O) groups excluding carboxylic acids is 1. The molecule has 174 valence electrons. The maximum atomic E-state index is 13.4. The summed E-state index contributed by atoms with van der Waals surface area (Å²) in [5.41, 5.74) is 6.33. The first-order chi connectivity index (χ1) is 16.5. The number of H-pyrrole nitrogens is 1. The summed E-state index contributed by atoms with van der Waals surface area (Å²) in [4.78, 5) is 42.5. The first kappa shape index (κ1) is 22.7. The zero-order valence-corrected chi connectivity index (χ0v) is 18.6. The fourth-order valence-electron chi connectivity index (χ4n) is 3.66. The van der Waals surface area contributed by atoms with Gasteiger partial charge in [-0.05, 0) is 35.4 Å². The van der Waals surface area contributed by atoms with E-state index in [9.17, 15) is 14.4 Å². The molecule has 2 aromatic heterocycles. The number of nitrogens with zero attached hydrogens (tertiary/aromatic N) is 2. The Morgan fingerprint density at radius 3 is 2.53 bits per heavy atom. The van der Waals surface area contributed by atoms with Crippen LogP contribution in [0.1, 0.15) is 16.9 Å². The van der Waals surface area contributed by atoms with Crippen LogP contribution in [0.3, 0.4) is 0 Å². The van der Waals surface area contributed by atoms with Gasteiger partial charge in [0.25, 0.3) is 5.56 Å². The number of nitrogen functional groups attached to an aromatic ring is 1. The molecule has 0 bridgehead atoms. The molecule has 0 radical (unpaired) electrons. The van der Waals surface area contributed by atoms with Gasteiger partial charge in [0, 0.05) is 0 Å². The molecule has 3 N–H and O–H groups in total. The quantitative estimate of drug-likeness (QED) is 0.417. The lowest BCUT2D eigenvalue weighted by atomic mass is 10.1. The van der Waals surface area contributed by atoms with E-state index >= 15 is 0 Å². The van der Waals surface area contributed by atoms with Crippen LogP contribution in [0, 0.1) is 0 Å². The van der Waals surface area contributed by atoms with Crippen LogP contribution in [-0.2, 0) is 24.3 Å². The molecule has 0 aliphatic carbocycles. The number of ether oxygens (including phenoxy) is 1. The van der Waals surface area contributed by atoms with Gasteiger partial charge in [0.05, 0.1) is 32.9 Å².